The van der Waals surface area contributed by atoms with Gasteiger partial charge in [0.15, 0.2) is 11.5 Å². The molecule has 0 aliphatic rings. The molecular weight excluding hydrogens is 368 g/mol. The van der Waals surface area contributed by atoms with E-state index in [1.54, 1.807) is 31.5 Å². The number of nitrogens with zero attached hydrogens (tertiary/aromatic N) is 2. The number of methoxy groups -OCH3 is 1. The zero-order valence-electron chi connectivity index (χ0n) is 17.1. The monoisotopic (exact) mass is 396 g/mol. The molecule has 154 valence electrons. The van der Waals surface area contributed by atoms with E-state index >= 15 is 0 Å². The zero-order chi connectivity index (χ0) is 20.6. The van der Waals surface area contributed by atoms with Gasteiger partial charge in [0.25, 0.3) is 0 Å². The number of carbonyl (C=O) groups excluding carboxylic acids is 1. The molecular formula is C22H28N4O3. The molecule has 3 rings (SSSR count). The van der Waals surface area contributed by atoms with Crippen LogP contribution >= 0.6 is 0 Å². The summed E-state index contributed by atoms with van der Waals surface area (Å²) in [6.45, 7) is 5.41. The molecule has 7 heteroatoms. The Balaban J connectivity index is 1.55. The molecule has 0 bridgehead atoms. The Labute approximate surface area is 171 Å². The summed E-state index contributed by atoms with van der Waals surface area (Å²) in [4.78, 5) is 16.5. The SMILES string of the molecule is COc1ccc(NC(=O)NCc2ccc3nccn3c2)cc1OCCCC(C)C. The number of hydrogen-bond acceptors (Lipinski definition) is 4. The maximum atomic E-state index is 12.3. The van der Waals surface area contributed by atoms with Crippen LogP contribution in [0.2, 0.25) is 0 Å². The summed E-state index contributed by atoms with van der Waals surface area (Å²) in [5, 5.41) is 5.70. The van der Waals surface area contributed by atoms with Crippen LogP contribution in [0.5, 0.6) is 11.5 Å². The second-order valence-corrected chi connectivity index (χ2v) is 7.29. The van der Waals surface area contributed by atoms with Crippen molar-refractivity contribution >= 4 is 17.4 Å². The number of fused-ring (bicyclic) bond motifs is 1. The molecule has 0 fully saturated rings. The lowest BCUT2D eigenvalue weighted by Gasteiger charge is -2.14. The third-order valence-electron chi connectivity index (χ3n) is 4.51. The topological polar surface area (TPSA) is 76.9 Å². The van der Waals surface area contributed by atoms with Crippen molar-refractivity contribution in [1.29, 1.82) is 0 Å². The van der Waals surface area contributed by atoms with Gasteiger partial charge in [-0.3, -0.25) is 0 Å². The molecule has 0 aliphatic heterocycles. The lowest BCUT2D eigenvalue weighted by Crippen LogP contribution is -2.28. The highest BCUT2D eigenvalue weighted by Crippen LogP contribution is 2.30. The molecule has 0 saturated heterocycles. The molecule has 2 N–H and O–H groups in total. The molecule has 0 unspecified atom stereocenters. The number of benzene rings is 1. The third-order valence-corrected chi connectivity index (χ3v) is 4.51. The van der Waals surface area contributed by atoms with Gasteiger partial charge in [-0.2, -0.15) is 0 Å². The van der Waals surface area contributed by atoms with E-state index in [1.165, 1.54) is 0 Å². The van der Waals surface area contributed by atoms with Crippen molar-refractivity contribution in [2.24, 2.45) is 5.92 Å². The number of imidazole rings is 1. The number of hydrogen-bond donors (Lipinski definition) is 2. The molecule has 0 aliphatic carbocycles. The first kappa shape index (κ1) is 20.5. The van der Waals surface area contributed by atoms with Gasteiger partial charge in [0, 0.05) is 36.9 Å². The fourth-order valence-corrected chi connectivity index (χ4v) is 2.97. The van der Waals surface area contributed by atoms with Crippen LogP contribution in [0, 0.1) is 5.92 Å². The smallest absolute Gasteiger partial charge is 0.319 e. The van der Waals surface area contributed by atoms with Crippen LogP contribution < -0.4 is 20.1 Å². The number of anilines is 1. The van der Waals surface area contributed by atoms with Crippen LogP contribution in [0.1, 0.15) is 32.3 Å². The van der Waals surface area contributed by atoms with Crippen LogP contribution in [-0.2, 0) is 6.54 Å². The first-order valence-electron chi connectivity index (χ1n) is 9.82. The van der Waals surface area contributed by atoms with Gasteiger partial charge in [0.05, 0.1) is 13.7 Å². The predicted octanol–water partition coefficient (Wildman–Crippen LogP) is 4.48. The second kappa shape index (κ2) is 9.82. The first-order valence-corrected chi connectivity index (χ1v) is 9.82. The van der Waals surface area contributed by atoms with Gasteiger partial charge in [-0.1, -0.05) is 19.9 Å². The van der Waals surface area contributed by atoms with Gasteiger partial charge in [0.2, 0.25) is 0 Å². The average molecular weight is 396 g/mol. The first-order chi connectivity index (χ1) is 14.0. The molecule has 2 aromatic heterocycles. The van der Waals surface area contributed by atoms with E-state index < -0.39 is 0 Å². The fourth-order valence-electron chi connectivity index (χ4n) is 2.97. The Kier molecular flexibility index (Phi) is 6.94. The van der Waals surface area contributed by atoms with Crippen LogP contribution in [-0.4, -0.2) is 29.1 Å². The Morgan fingerprint density at radius 3 is 2.86 bits per heavy atom. The molecule has 0 saturated carbocycles. The molecule has 0 radical (unpaired) electrons. The van der Waals surface area contributed by atoms with E-state index in [1.807, 2.05) is 28.9 Å². The Morgan fingerprint density at radius 2 is 2.07 bits per heavy atom. The van der Waals surface area contributed by atoms with Crippen molar-refractivity contribution in [3.8, 4) is 11.5 Å². The maximum Gasteiger partial charge on any atom is 0.319 e. The summed E-state index contributed by atoms with van der Waals surface area (Å²) in [5.41, 5.74) is 2.50. The highest BCUT2D eigenvalue weighted by Gasteiger charge is 2.09. The van der Waals surface area contributed by atoms with Gasteiger partial charge in [-0.15, -0.1) is 0 Å². The quantitative estimate of drug-likeness (QED) is 0.523. The Hall–Kier alpha value is -3.22. The number of urea groups is 1. The van der Waals surface area contributed by atoms with Crippen molar-refractivity contribution < 1.29 is 14.3 Å². The second-order valence-electron chi connectivity index (χ2n) is 7.29. The number of aromatic nitrogens is 2. The van der Waals surface area contributed by atoms with E-state index in [-0.39, 0.29) is 6.03 Å². The summed E-state index contributed by atoms with van der Waals surface area (Å²) < 4.78 is 13.1. The van der Waals surface area contributed by atoms with Gasteiger partial charge < -0.3 is 24.5 Å². The largest absolute Gasteiger partial charge is 0.493 e. The Bertz CT molecular complexity index is 952. The standard InChI is InChI=1S/C22H28N4O3/c1-16(2)5-4-12-29-20-13-18(7-8-19(20)28-3)25-22(27)24-14-17-6-9-21-23-10-11-26(21)15-17/h6-11,13,15-16H,4-5,12,14H2,1-3H3,(H2,24,25,27). The number of amides is 2. The number of rotatable bonds is 9. The van der Waals surface area contributed by atoms with Gasteiger partial charge in [-0.25, -0.2) is 9.78 Å². The molecule has 7 nitrogen and oxygen atoms in total. The van der Waals surface area contributed by atoms with Gasteiger partial charge in [-0.05, 0) is 42.5 Å². The highest BCUT2D eigenvalue weighted by molar-refractivity contribution is 5.89. The van der Waals surface area contributed by atoms with Crippen LogP contribution in [0.15, 0.2) is 48.9 Å². The van der Waals surface area contributed by atoms with Crippen molar-refractivity contribution in [1.82, 2.24) is 14.7 Å². The average Bonchev–Trinajstić information content (AvgIpc) is 3.17. The number of nitrogens with one attached hydrogen (secondary N) is 2. The van der Waals surface area contributed by atoms with E-state index in [2.05, 4.69) is 29.5 Å². The molecule has 3 aromatic rings. The van der Waals surface area contributed by atoms with E-state index in [0.29, 0.717) is 36.3 Å². The molecule has 29 heavy (non-hydrogen) atoms. The van der Waals surface area contributed by atoms with Gasteiger partial charge >= 0.3 is 6.03 Å². The zero-order valence-corrected chi connectivity index (χ0v) is 17.1. The predicted molar refractivity (Wildman–Crippen MR) is 114 cm³/mol. The number of pyridine rings is 1. The number of carbonyl (C=O) groups is 1. The minimum atomic E-state index is -0.286. The minimum absolute atomic E-state index is 0.286. The third kappa shape index (κ3) is 5.88. The lowest BCUT2D eigenvalue weighted by molar-refractivity contribution is 0.251. The van der Waals surface area contributed by atoms with Crippen molar-refractivity contribution in [2.45, 2.75) is 33.2 Å². The molecule has 1 aromatic carbocycles. The number of ether oxygens (including phenoxy) is 2. The highest BCUT2D eigenvalue weighted by atomic mass is 16.5. The van der Waals surface area contributed by atoms with Crippen molar-refractivity contribution in [3.63, 3.8) is 0 Å². The summed E-state index contributed by atoms with van der Waals surface area (Å²) in [6, 6.07) is 8.94. The summed E-state index contributed by atoms with van der Waals surface area (Å²) >= 11 is 0. The minimum Gasteiger partial charge on any atom is -0.493 e. The fraction of sp³-hybridized carbons (Fsp3) is 0.364. The van der Waals surface area contributed by atoms with Crippen LogP contribution in [0.4, 0.5) is 10.5 Å². The summed E-state index contributed by atoms with van der Waals surface area (Å²) in [7, 11) is 1.60. The normalized spacial score (nSPS) is 10.9. The Morgan fingerprint density at radius 1 is 1.21 bits per heavy atom. The van der Waals surface area contributed by atoms with E-state index in [0.717, 1.165) is 24.1 Å². The van der Waals surface area contributed by atoms with Crippen LogP contribution in [0.25, 0.3) is 5.65 Å². The van der Waals surface area contributed by atoms with Crippen LogP contribution in [0.3, 0.4) is 0 Å². The molecule has 2 heterocycles. The molecule has 2 amide bonds. The summed E-state index contributed by atoms with van der Waals surface area (Å²) in [6.07, 6.45) is 7.64. The van der Waals surface area contributed by atoms with Gasteiger partial charge in [0.1, 0.15) is 5.65 Å². The van der Waals surface area contributed by atoms with Crippen molar-refractivity contribution in [3.05, 3.63) is 54.5 Å². The lowest BCUT2D eigenvalue weighted by atomic mass is 10.1. The molecule has 0 spiro atoms. The van der Waals surface area contributed by atoms with Crippen molar-refractivity contribution in [2.75, 3.05) is 19.0 Å². The maximum absolute atomic E-state index is 12.3. The summed E-state index contributed by atoms with van der Waals surface area (Å²) in [5.74, 6) is 1.92. The van der Waals surface area contributed by atoms with E-state index in [4.69, 9.17) is 9.47 Å². The van der Waals surface area contributed by atoms with E-state index in [9.17, 15) is 4.79 Å². The molecule has 0 atom stereocenters.